The summed E-state index contributed by atoms with van der Waals surface area (Å²) in [5.74, 6) is 1.77. The zero-order valence-electron chi connectivity index (χ0n) is 14.6. The van der Waals surface area contributed by atoms with Crippen LogP contribution in [0.1, 0.15) is 27.2 Å². The van der Waals surface area contributed by atoms with Gasteiger partial charge in [-0.2, -0.15) is 5.10 Å². The Morgan fingerprint density at radius 2 is 2.16 bits per heavy atom. The first-order valence-electron chi connectivity index (χ1n) is 8.57. The van der Waals surface area contributed by atoms with Gasteiger partial charge in [0.2, 0.25) is 5.78 Å². The Bertz CT molecular complexity index is 1100. The second-order valence-electron chi connectivity index (χ2n) is 6.68. The minimum Gasteiger partial charge on any atom is -0.332 e. The summed E-state index contributed by atoms with van der Waals surface area (Å²) < 4.78 is 5.44. The van der Waals surface area contributed by atoms with Crippen molar-refractivity contribution in [2.24, 2.45) is 5.92 Å². The number of fused-ring (bicyclic) bond motifs is 3. The third-order valence-corrected chi connectivity index (χ3v) is 4.14. The summed E-state index contributed by atoms with van der Waals surface area (Å²) in [7, 11) is 0. The predicted octanol–water partition coefficient (Wildman–Crippen LogP) is 2.30. The van der Waals surface area contributed by atoms with Crippen molar-refractivity contribution >= 4 is 16.9 Å². The Morgan fingerprint density at radius 3 is 2.92 bits per heavy atom. The van der Waals surface area contributed by atoms with Gasteiger partial charge in [-0.05, 0) is 12.3 Å². The monoisotopic (exact) mass is 339 g/mol. The van der Waals surface area contributed by atoms with Crippen LogP contribution in [-0.4, -0.2) is 33.7 Å². The quantitative estimate of drug-likeness (QED) is 0.604. The van der Waals surface area contributed by atoms with Crippen molar-refractivity contribution in [2.45, 2.75) is 40.3 Å². The van der Waals surface area contributed by atoms with Crippen molar-refractivity contribution < 1.29 is 0 Å². The lowest BCUT2D eigenvalue weighted by atomic mass is 10.2. The standard InChI is InChI=1S/C17H21N7O/c1-4-6-24-16(25)13-15(23-7-5-18-17(23)24)21-14(20-13)12-8-19-22(10-12)9-11(2)3/h5,7-8,10-11H,4,6,9H2,1-3H3,(H,20,21). The SMILES string of the molecule is CCCn1c(=O)c2[nH]c(-c3cnn(CC(C)C)c3)nc2n2ccnc12. The molecular formula is C17H21N7O. The van der Waals surface area contributed by atoms with E-state index in [1.54, 1.807) is 17.0 Å². The van der Waals surface area contributed by atoms with E-state index >= 15 is 0 Å². The first-order valence-corrected chi connectivity index (χ1v) is 8.57. The zero-order chi connectivity index (χ0) is 17.6. The molecule has 4 rings (SSSR count). The predicted molar refractivity (Wildman–Crippen MR) is 95.5 cm³/mol. The van der Waals surface area contributed by atoms with Gasteiger partial charge in [0.1, 0.15) is 5.82 Å². The van der Waals surface area contributed by atoms with Crippen LogP contribution in [0.4, 0.5) is 0 Å². The van der Waals surface area contributed by atoms with Gasteiger partial charge in [0.25, 0.3) is 5.56 Å². The highest BCUT2D eigenvalue weighted by Gasteiger charge is 2.17. The van der Waals surface area contributed by atoms with E-state index in [9.17, 15) is 4.79 Å². The normalized spacial score (nSPS) is 12.0. The highest BCUT2D eigenvalue weighted by atomic mass is 16.1. The molecule has 0 saturated carbocycles. The van der Waals surface area contributed by atoms with Gasteiger partial charge in [-0.25, -0.2) is 9.97 Å². The highest BCUT2D eigenvalue weighted by Crippen LogP contribution is 2.19. The second-order valence-corrected chi connectivity index (χ2v) is 6.68. The Morgan fingerprint density at radius 1 is 1.32 bits per heavy atom. The van der Waals surface area contributed by atoms with Crippen LogP contribution in [0.5, 0.6) is 0 Å². The van der Waals surface area contributed by atoms with Gasteiger partial charge in [-0.15, -0.1) is 0 Å². The smallest absolute Gasteiger partial charge is 0.280 e. The molecule has 0 spiro atoms. The molecule has 0 unspecified atom stereocenters. The topological polar surface area (TPSA) is 85.8 Å². The molecule has 0 bridgehead atoms. The number of aromatic nitrogens is 7. The van der Waals surface area contributed by atoms with Crippen LogP contribution in [0.3, 0.4) is 0 Å². The first kappa shape index (κ1) is 15.6. The van der Waals surface area contributed by atoms with Gasteiger partial charge in [-0.3, -0.25) is 18.4 Å². The number of rotatable bonds is 5. The summed E-state index contributed by atoms with van der Waals surface area (Å²) in [5, 5.41) is 4.38. The fraction of sp³-hybridized carbons (Fsp3) is 0.412. The molecule has 4 aromatic rings. The molecule has 130 valence electrons. The summed E-state index contributed by atoms with van der Waals surface area (Å²) in [6.45, 7) is 7.80. The lowest BCUT2D eigenvalue weighted by Gasteiger charge is -2.05. The summed E-state index contributed by atoms with van der Waals surface area (Å²) >= 11 is 0. The van der Waals surface area contributed by atoms with Crippen molar-refractivity contribution in [1.82, 2.24) is 33.7 Å². The summed E-state index contributed by atoms with van der Waals surface area (Å²) in [5.41, 5.74) is 1.86. The Hall–Kier alpha value is -2.90. The molecule has 0 radical (unpaired) electrons. The number of imidazole rings is 2. The molecular weight excluding hydrogens is 318 g/mol. The Labute approximate surface area is 144 Å². The highest BCUT2D eigenvalue weighted by molar-refractivity contribution is 5.77. The lowest BCUT2D eigenvalue weighted by molar-refractivity contribution is 0.483. The minimum atomic E-state index is -0.0936. The lowest BCUT2D eigenvalue weighted by Crippen LogP contribution is -2.23. The number of aryl methyl sites for hydroxylation is 1. The molecule has 4 heterocycles. The van der Waals surface area contributed by atoms with E-state index in [1.807, 2.05) is 28.4 Å². The van der Waals surface area contributed by atoms with E-state index in [0.29, 0.717) is 35.2 Å². The fourth-order valence-corrected chi connectivity index (χ4v) is 3.10. The molecule has 1 N–H and O–H groups in total. The van der Waals surface area contributed by atoms with Gasteiger partial charge in [-0.1, -0.05) is 20.8 Å². The third kappa shape index (κ3) is 2.54. The molecule has 0 aliphatic heterocycles. The van der Waals surface area contributed by atoms with Crippen molar-refractivity contribution in [1.29, 1.82) is 0 Å². The van der Waals surface area contributed by atoms with Crippen LogP contribution in [0.25, 0.3) is 28.3 Å². The maximum atomic E-state index is 12.8. The molecule has 8 heteroatoms. The average molecular weight is 339 g/mol. The number of hydrogen-bond acceptors (Lipinski definition) is 4. The second kappa shape index (κ2) is 5.87. The Kier molecular flexibility index (Phi) is 3.67. The average Bonchev–Trinajstić information content (AvgIpc) is 3.28. The van der Waals surface area contributed by atoms with Crippen molar-refractivity contribution in [3.63, 3.8) is 0 Å². The summed E-state index contributed by atoms with van der Waals surface area (Å²) in [4.78, 5) is 25.0. The van der Waals surface area contributed by atoms with Crippen LogP contribution in [0.15, 0.2) is 29.6 Å². The number of H-pyrrole nitrogens is 1. The van der Waals surface area contributed by atoms with Crippen LogP contribution >= 0.6 is 0 Å². The molecule has 8 nitrogen and oxygen atoms in total. The molecule has 0 aliphatic rings. The zero-order valence-corrected chi connectivity index (χ0v) is 14.6. The van der Waals surface area contributed by atoms with Gasteiger partial charge < -0.3 is 4.98 Å². The van der Waals surface area contributed by atoms with E-state index in [1.165, 1.54) is 0 Å². The molecule has 0 atom stereocenters. The Balaban J connectivity index is 1.89. The first-order chi connectivity index (χ1) is 12.1. The largest absolute Gasteiger partial charge is 0.332 e. The van der Waals surface area contributed by atoms with Gasteiger partial charge in [0, 0.05) is 31.7 Å². The van der Waals surface area contributed by atoms with E-state index < -0.39 is 0 Å². The van der Waals surface area contributed by atoms with E-state index in [0.717, 1.165) is 18.5 Å². The molecule has 0 aliphatic carbocycles. The molecule has 0 saturated heterocycles. The van der Waals surface area contributed by atoms with Gasteiger partial charge >= 0.3 is 0 Å². The number of hydrogen-bond donors (Lipinski definition) is 1. The molecule has 0 aromatic carbocycles. The summed E-state index contributed by atoms with van der Waals surface area (Å²) in [6, 6.07) is 0. The van der Waals surface area contributed by atoms with Crippen molar-refractivity contribution in [3.8, 4) is 11.4 Å². The third-order valence-electron chi connectivity index (χ3n) is 4.14. The fourth-order valence-electron chi connectivity index (χ4n) is 3.10. The van der Waals surface area contributed by atoms with E-state index in [2.05, 4.69) is 33.9 Å². The molecule has 25 heavy (non-hydrogen) atoms. The van der Waals surface area contributed by atoms with Crippen LogP contribution in [-0.2, 0) is 13.1 Å². The van der Waals surface area contributed by atoms with Gasteiger partial charge in [0.05, 0.1) is 11.8 Å². The molecule has 0 amide bonds. The van der Waals surface area contributed by atoms with Crippen LogP contribution in [0.2, 0.25) is 0 Å². The maximum absolute atomic E-state index is 12.8. The molecule has 0 fully saturated rings. The number of nitrogens with zero attached hydrogens (tertiary/aromatic N) is 6. The van der Waals surface area contributed by atoms with Gasteiger partial charge in [0.15, 0.2) is 11.2 Å². The number of nitrogens with one attached hydrogen (secondary N) is 1. The van der Waals surface area contributed by atoms with Crippen molar-refractivity contribution in [3.05, 3.63) is 35.1 Å². The maximum Gasteiger partial charge on any atom is 0.280 e. The summed E-state index contributed by atoms with van der Waals surface area (Å²) in [6.07, 6.45) is 8.10. The minimum absolute atomic E-state index is 0.0936. The van der Waals surface area contributed by atoms with E-state index in [-0.39, 0.29) is 5.56 Å². The van der Waals surface area contributed by atoms with Crippen LogP contribution in [0, 0.1) is 5.92 Å². The van der Waals surface area contributed by atoms with Crippen LogP contribution < -0.4 is 5.56 Å². The van der Waals surface area contributed by atoms with E-state index in [4.69, 9.17) is 0 Å². The van der Waals surface area contributed by atoms with Crippen molar-refractivity contribution in [2.75, 3.05) is 0 Å². The molecule has 4 aromatic heterocycles. The number of aromatic amines is 1.